The molecule has 0 saturated carbocycles. The number of carbonyl (C=O) groups excluding carboxylic acids is 1. The smallest absolute Gasteiger partial charge is 0.241 e. The van der Waals surface area contributed by atoms with Crippen molar-refractivity contribution >= 4 is 11.9 Å². The average molecular weight is 288 g/mol. The summed E-state index contributed by atoms with van der Waals surface area (Å²) < 4.78 is 0. The van der Waals surface area contributed by atoms with Crippen LogP contribution in [0.2, 0.25) is 0 Å². The van der Waals surface area contributed by atoms with Gasteiger partial charge in [0.1, 0.15) is 0 Å². The predicted molar refractivity (Wildman–Crippen MR) is 85.1 cm³/mol. The lowest BCUT2D eigenvalue weighted by Gasteiger charge is -2.22. The van der Waals surface area contributed by atoms with Crippen LogP contribution in [0.15, 0.2) is 35.3 Å². The molecule has 1 heterocycles. The second-order valence-electron chi connectivity index (χ2n) is 5.46. The Morgan fingerprint density at radius 2 is 1.90 bits per heavy atom. The van der Waals surface area contributed by atoms with Crippen molar-refractivity contribution in [1.29, 1.82) is 0 Å². The van der Waals surface area contributed by atoms with Crippen molar-refractivity contribution in [2.75, 3.05) is 33.7 Å². The van der Waals surface area contributed by atoms with Crippen LogP contribution in [0.4, 0.5) is 0 Å². The zero-order valence-electron chi connectivity index (χ0n) is 12.9. The zero-order chi connectivity index (χ0) is 15.1. The second-order valence-corrected chi connectivity index (χ2v) is 5.46. The van der Waals surface area contributed by atoms with E-state index >= 15 is 0 Å². The second kappa shape index (κ2) is 7.67. The quantitative estimate of drug-likeness (QED) is 0.671. The Morgan fingerprint density at radius 1 is 1.24 bits per heavy atom. The number of guanidine groups is 1. The molecule has 0 unspecified atom stereocenters. The van der Waals surface area contributed by atoms with Gasteiger partial charge in [-0.15, -0.1) is 0 Å². The van der Waals surface area contributed by atoms with Crippen LogP contribution in [-0.4, -0.2) is 55.4 Å². The maximum absolute atomic E-state index is 11.7. The van der Waals surface area contributed by atoms with Gasteiger partial charge in [-0.25, -0.2) is 4.99 Å². The van der Waals surface area contributed by atoms with Gasteiger partial charge in [0.25, 0.3) is 0 Å². The Morgan fingerprint density at radius 3 is 2.52 bits per heavy atom. The van der Waals surface area contributed by atoms with Gasteiger partial charge in [-0.05, 0) is 18.4 Å². The fourth-order valence-corrected chi connectivity index (χ4v) is 2.26. The van der Waals surface area contributed by atoms with Gasteiger partial charge >= 0.3 is 0 Å². The van der Waals surface area contributed by atoms with Crippen LogP contribution < -0.4 is 5.32 Å². The summed E-state index contributed by atoms with van der Waals surface area (Å²) in [6, 6.07) is 10.2. The zero-order valence-corrected chi connectivity index (χ0v) is 12.9. The highest BCUT2D eigenvalue weighted by molar-refractivity contribution is 5.86. The van der Waals surface area contributed by atoms with Gasteiger partial charge < -0.3 is 15.1 Å². The maximum Gasteiger partial charge on any atom is 0.241 e. The Bertz CT molecular complexity index is 478. The molecule has 1 amide bonds. The standard InChI is InChI=1S/C16H24N4O/c1-19(2)15(21)13-18-16(20-10-6-7-11-20)17-12-14-8-4-3-5-9-14/h3-5,8-9H,6-7,10-13H2,1-2H3,(H,17,18). The summed E-state index contributed by atoms with van der Waals surface area (Å²) in [5, 5.41) is 3.20. The summed E-state index contributed by atoms with van der Waals surface area (Å²) in [5.41, 5.74) is 1.18. The third-order valence-electron chi connectivity index (χ3n) is 3.56. The summed E-state index contributed by atoms with van der Waals surface area (Å²) in [7, 11) is 3.53. The Kier molecular flexibility index (Phi) is 5.60. The highest BCUT2D eigenvalue weighted by atomic mass is 16.2. The van der Waals surface area contributed by atoms with Crippen molar-refractivity contribution in [2.45, 2.75) is 19.4 Å². The SMILES string of the molecule is CN(C)C(=O)CNC(=NCc1ccccc1)N1CCCC1. The van der Waals surface area contributed by atoms with Crippen LogP contribution in [0.3, 0.4) is 0 Å². The summed E-state index contributed by atoms with van der Waals surface area (Å²) in [5.74, 6) is 0.896. The lowest BCUT2D eigenvalue weighted by Crippen LogP contribution is -2.44. The molecule has 1 aliphatic rings. The van der Waals surface area contributed by atoms with Gasteiger partial charge in [0.05, 0.1) is 13.1 Å². The number of carbonyl (C=O) groups is 1. The first-order valence-electron chi connectivity index (χ1n) is 7.44. The molecule has 5 nitrogen and oxygen atoms in total. The monoisotopic (exact) mass is 288 g/mol. The fraction of sp³-hybridized carbons (Fsp3) is 0.500. The molecular formula is C16H24N4O. The van der Waals surface area contributed by atoms with Crippen molar-refractivity contribution in [3.05, 3.63) is 35.9 Å². The normalized spacial score (nSPS) is 15.1. The molecule has 1 N–H and O–H groups in total. The van der Waals surface area contributed by atoms with Gasteiger partial charge in [-0.1, -0.05) is 30.3 Å². The molecule has 0 atom stereocenters. The minimum absolute atomic E-state index is 0.0570. The van der Waals surface area contributed by atoms with Gasteiger partial charge in [0.15, 0.2) is 5.96 Å². The number of rotatable bonds is 4. The van der Waals surface area contributed by atoms with Gasteiger partial charge in [-0.2, -0.15) is 0 Å². The van der Waals surface area contributed by atoms with E-state index in [-0.39, 0.29) is 12.5 Å². The molecule has 1 fully saturated rings. The molecule has 5 heteroatoms. The van der Waals surface area contributed by atoms with E-state index in [9.17, 15) is 4.79 Å². The molecule has 0 radical (unpaired) electrons. The van der Waals surface area contributed by atoms with E-state index in [4.69, 9.17) is 0 Å². The minimum Gasteiger partial charge on any atom is -0.347 e. The van der Waals surface area contributed by atoms with Crippen molar-refractivity contribution in [3.63, 3.8) is 0 Å². The molecule has 21 heavy (non-hydrogen) atoms. The van der Waals surface area contributed by atoms with Gasteiger partial charge in [0, 0.05) is 27.2 Å². The number of likely N-dealkylation sites (N-methyl/N-ethyl adjacent to an activating group) is 1. The van der Waals surface area contributed by atoms with Crippen LogP contribution in [-0.2, 0) is 11.3 Å². The van der Waals surface area contributed by atoms with Crippen molar-refractivity contribution in [1.82, 2.24) is 15.1 Å². The van der Waals surface area contributed by atoms with Crippen LogP contribution in [0.1, 0.15) is 18.4 Å². The number of amides is 1. The number of aliphatic imine (C=N–C) groups is 1. The third-order valence-corrected chi connectivity index (χ3v) is 3.56. The number of hydrogen-bond acceptors (Lipinski definition) is 2. The summed E-state index contributed by atoms with van der Waals surface area (Å²) >= 11 is 0. The average Bonchev–Trinajstić information content (AvgIpc) is 3.02. The van der Waals surface area contributed by atoms with Gasteiger partial charge in [0.2, 0.25) is 5.91 Å². The van der Waals surface area contributed by atoms with Crippen molar-refractivity contribution in [3.8, 4) is 0 Å². The van der Waals surface area contributed by atoms with Crippen LogP contribution >= 0.6 is 0 Å². The molecule has 1 aromatic carbocycles. The molecule has 0 aromatic heterocycles. The van der Waals surface area contributed by atoms with E-state index in [0.29, 0.717) is 6.54 Å². The number of nitrogens with zero attached hydrogens (tertiary/aromatic N) is 3. The summed E-state index contributed by atoms with van der Waals surface area (Å²) in [6.45, 7) is 2.94. The lowest BCUT2D eigenvalue weighted by atomic mass is 10.2. The molecule has 1 aromatic rings. The molecule has 0 aliphatic carbocycles. The number of likely N-dealkylation sites (tertiary alicyclic amines) is 1. The molecule has 1 saturated heterocycles. The number of nitrogens with one attached hydrogen (secondary N) is 1. The van der Waals surface area contributed by atoms with E-state index in [0.717, 1.165) is 19.0 Å². The molecular weight excluding hydrogens is 264 g/mol. The molecule has 0 spiro atoms. The number of hydrogen-bond donors (Lipinski definition) is 1. The van der Waals surface area contributed by atoms with Crippen molar-refractivity contribution < 1.29 is 4.79 Å². The fourth-order valence-electron chi connectivity index (χ4n) is 2.26. The first kappa shape index (κ1) is 15.4. The predicted octanol–water partition coefficient (Wildman–Crippen LogP) is 1.32. The van der Waals surface area contributed by atoms with Crippen LogP contribution in [0.25, 0.3) is 0 Å². The van der Waals surface area contributed by atoms with E-state index in [1.807, 2.05) is 18.2 Å². The Balaban J connectivity index is 1.99. The Labute approximate surface area is 126 Å². The topological polar surface area (TPSA) is 47.9 Å². The molecule has 114 valence electrons. The highest BCUT2D eigenvalue weighted by Crippen LogP contribution is 2.08. The largest absolute Gasteiger partial charge is 0.347 e. The lowest BCUT2D eigenvalue weighted by molar-refractivity contribution is -0.127. The van der Waals surface area contributed by atoms with Crippen LogP contribution in [0.5, 0.6) is 0 Å². The van der Waals surface area contributed by atoms with Crippen molar-refractivity contribution in [2.24, 2.45) is 4.99 Å². The first-order valence-corrected chi connectivity index (χ1v) is 7.44. The minimum atomic E-state index is 0.0570. The molecule has 1 aliphatic heterocycles. The summed E-state index contributed by atoms with van der Waals surface area (Å²) in [6.07, 6.45) is 2.38. The maximum atomic E-state index is 11.7. The summed E-state index contributed by atoms with van der Waals surface area (Å²) in [4.78, 5) is 20.2. The van der Waals surface area contributed by atoms with E-state index in [2.05, 4.69) is 27.3 Å². The number of benzene rings is 1. The molecule has 2 rings (SSSR count). The Hall–Kier alpha value is -2.04. The highest BCUT2D eigenvalue weighted by Gasteiger charge is 2.17. The van der Waals surface area contributed by atoms with E-state index in [1.165, 1.54) is 18.4 Å². The van der Waals surface area contributed by atoms with Gasteiger partial charge in [-0.3, -0.25) is 4.79 Å². The van der Waals surface area contributed by atoms with E-state index in [1.54, 1.807) is 19.0 Å². The van der Waals surface area contributed by atoms with Crippen LogP contribution in [0, 0.1) is 0 Å². The van der Waals surface area contributed by atoms with E-state index < -0.39 is 0 Å². The third kappa shape index (κ3) is 4.77. The molecule has 0 bridgehead atoms. The first-order chi connectivity index (χ1) is 10.2.